The molecule has 0 heterocycles. The molecule has 4 N–H and O–H groups in total. The highest BCUT2D eigenvalue weighted by Gasteiger charge is 2.25. The van der Waals surface area contributed by atoms with Crippen LogP contribution in [0.2, 0.25) is 0 Å². The molecule has 5 heteroatoms. The van der Waals surface area contributed by atoms with Crippen molar-refractivity contribution in [1.82, 2.24) is 0 Å². The smallest absolute Gasteiger partial charge is 0.340 e. The first-order chi connectivity index (χ1) is 9.92. The monoisotopic (exact) mass is 294 g/mol. The van der Waals surface area contributed by atoms with E-state index in [4.69, 9.17) is 10.5 Å². The fourth-order valence-electron chi connectivity index (χ4n) is 2.25. The predicted molar refractivity (Wildman–Crippen MR) is 85.5 cm³/mol. The number of benzene rings is 1. The molecule has 0 unspecified atom stereocenters. The van der Waals surface area contributed by atoms with Gasteiger partial charge in [0, 0.05) is 23.3 Å². The fraction of sp³-hybridized carbons (Fsp3) is 0.562. The number of hydrogen-bond donors (Lipinski definition) is 3. The number of anilines is 2. The molecule has 0 aromatic heterocycles. The zero-order valence-corrected chi connectivity index (χ0v) is 13.3. The summed E-state index contributed by atoms with van der Waals surface area (Å²) in [5.74, 6) is -0.446. The Morgan fingerprint density at radius 2 is 2.00 bits per heavy atom. The van der Waals surface area contributed by atoms with Crippen molar-refractivity contribution in [3.63, 3.8) is 0 Å². The molecule has 5 nitrogen and oxygen atoms in total. The van der Waals surface area contributed by atoms with Gasteiger partial charge < -0.3 is 20.9 Å². The minimum atomic E-state index is -0.446. The zero-order chi connectivity index (χ0) is 16.0. The van der Waals surface area contributed by atoms with Gasteiger partial charge in [0.25, 0.3) is 0 Å². The average Bonchev–Trinajstić information content (AvgIpc) is 2.51. The second kappa shape index (κ2) is 7.31. The predicted octanol–water partition coefficient (Wildman–Crippen LogP) is 2.57. The van der Waals surface area contributed by atoms with Crippen molar-refractivity contribution < 1.29 is 14.6 Å². The van der Waals surface area contributed by atoms with Gasteiger partial charge in [0.15, 0.2) is 0 Å². The summed E-state index contributed by atoms with van der Waals surface area (Å²) >= 11 is 0. The average molecular weight is 294 g/mol. The zero-order valence-electron chi connectivity index (χ0n) is 13.3. The maximum absolute atomic E-state index is 11.7. The van der Waals surface area contributed by atoms with Crippen LogP contribution in [0.15, 0.2) is 12.1 Å². The molecule has 0 aliphatic carbocycles. The number of hydrogen-bond acceptors (Lipinski definition) is 5. The highest BCUT2D eigenvalue weighted by Crippen LogP contribution is 2.28. The number of ether oxygens (including phenoxy) is 1. The number of nitrogens with two attached hydrogens (primary N) is 1. The molecule has 1 aromatic carbocycles. The summed E-state index contributed by atoms with van der Waals surface area (Å²) in [6.07, 6.45) is 1.76. The summed E-state index contributed by atoms with van der Waals surface area (Å²) in [6.45, 7) is 6.75. The van der Waals surface area contributed by atoms with Gasteiger partial charge >= 0.3 is 5.97 Å². The first kappa shape index (κ1) is 17.3. The summed E-state index contributed by atoms with van der Waals surface area (Å²) in [5.41, 5.74) is 8.20. The number of carbonyl (C=O) groups is 1. The first-order valence-corrected chi connectivity index (χ1v) is 7.26. The van der Waals surface area contributed by atoms with Crippen molar-refractivity contribution in [2.24, 2.45) is 5.41 Å². The van der Waals surface area contributed by atoms with Gasteiger partial charge in [-0.15, -0.1) is 0 Å². The molecule has 118 valence electrons. The van der Waals surface area contributed by atoms with Crippen LogP contribution in [-0.2, 0) is 4.74 Å². The Morgan fingerprint density at radius 3 is 2.48 bits per heavy atom. The number of rotatable bonds is 7. The summed E-state index contributed by atoms with van der Waals surface area (Å²) in [4.78, 5) is 11.7. The van der Waals surface area contributed by atoms with E-state index in [1.807, 2.05) is 13.0 Å². The van der Waals surface area contributed by atoms with Crippen LogP contribution < -0.4 is 11.1 Å². The number of aliphatic hydroxyl groups excluding tert-OH is 1. The molecule has 0 amide bonds. The highest BCUT2D eigenvalue weighted by atomic mass is 16.5. The maximum atomic E-state index is 11.7. The maximum Gasteiger partial charge on any atom is 0.340 e. The molecular formula is C16H26N2O3. The highest BCUT2D eigenvalue weighted by molar-refractivity contribution is 5.97. The Labute approximate surface area is 126 Å². The number of aryl methyl sites for hydroxylation is 1. The van der Waals surface area contributed by atoms with E-state index in [1.54, 1.807) is 6.07 Å². The van der Waals surface area contributed by atoms with Gasteiger partial charge in [0.2, 0.25) is 0 Å². The van der Waals surface area contributed by atoms with Gasteiger partial charge in [0.1, 0.15) is 0 Å². The van der Waals surface area contributed by atoms with Crippen LogP contribution >= 0.6 is 0 Å². The number of esters is 1. The van der Waals surface area contributed by atoms with Crippen molar-refractivity contribution in [1.29, 1.82) is 0 Å². The second-order valence-corrected chi connectivity index (χ2v) is 5.46. The van der Waals surface area contributed by atoms with Crippen LogP contribution in [0.4, 0.5) is 11.4 Å². The number of nitrogen functional groups attached to an aromatic ring is 1. The van der Waals surface area contributed by atoms with Crippen molar-refractivity contribution in [3.8, 4) is 0 Å². The Morgan fingerprint density at radius 1 is 1.38 bits per heavy atom. The summed E-state index contributed by atoms with van der Waals surface area (Å²) in [7, 11) is 1.34. The summed E-state index contributed by atoms with van der Waals surface area (Å²) in [6, 6.07) is 3.59. The van der Waals surface area contributed by atoms with E-state index in [2.05, 4.69) is 19.2 Å². The molecule has 0 bridgehead atoms. The lowest BCUT2D eigenvalue weighted by Crippen LogP contribution is -2.32. The molecule has 1 aromatic rings. The first-order valence-electron chi connectivity index (χ1n) is 7.26. The van der Waals surface area contributed by atoms with Crippen molar-refractivity contribution in [3.05, 3.63) is 23.3 Å². The van der Waals surface area contributed by atoms with Crippen molar-refractivity contribution in [2.75, 3.05) is 31.3 Å². The number of nitrogens with one attached hydrogen (secondary N) is 1. The van der Waals surface area contributed by atoms with Crippen LogP contribution in [0.1, 0.15) is 42.6 Å². The topological polar surface area (TPSA) is 84.6 Å². The normalized spacial score (nSPS) is 11.3. The largest absolute Gasteiger partial charge is 0.465 e. The molecule has 21 heavy (non-hydrogen) atoms. The molecule has 1 rings (SSSR count). The Bertz CT molecular complexity index is 488. The van der Waals surface area contributed by atoms with Gasteiger partial charge in [-0.25, -0.2) is 4.79 Å². The van der Waals surface area contributed by atoms with Crippen LogP contribution in [0.5, 0.6) is 0 Å². The van der Waals surface area contributed by atoms with Crippen LogP contribution in [-0.4, -0.2) is 31.3 Å². The van der Waals surface area contributed by atoms with E-state index in [9.17, 15) is 9.90 Å². The lowest BCUT2D eigenvalue weighted by molar-refractivity contribution is 0.0602. The SMILES string of the molecule is CCC(CC)(CO)CNc1cc(C)c(N)c(C(=O)OC)c1. The van der Waals surface area contributed by atoms with Gasteiger partial charge in [-0.05, 0) is 37.5 Å². The fourth-order valence-corrected chi connectivity index (χ4v) is 2.25. The minimum absolute atomic E-state index is 0.130. The van der Waals surface area contributed by atoms with Crippen LogP contribution in [0.3, 0.4) is 0 Å². The molecular weight excluding hydrogens is 268 g/mol. The standard InChI is InChI=1S/C16H26N2O3/c1-5-16(6-2,10-19)9-18-12-7-11(3)14(17)13(8-12)15(20)21-4/h7-8,18-19H,5-6,9-10,17H2,1-4H3. The molecule has 0 atom stereocenters. The lowest BCUT2D eigenvalue weighted by Gasteiger charge is -2.30. The van der Waals surface area contributed by atoms with E-state index in [0.29, 0.717) is 17.8 Å². The third-order valence-electron chi connectivity index (χ3n) is 4.30. The molecule has 0 spiro atoms. The van der Waals surface area contributed by atoms with E-state index in [0.717, 1.165) is 24.1 Å². The molecule has 0 radical (unpaired) electrons. The Kier molecular flexibility index (Phi) is 6.03. The van der Waals surface area contributed by atoms with E-state index in [1.165, 1.54) is 7.11 Å². The molecule has 0 aliphatic heterocycles. The van der Waals surface area contributed by atoms with Crippen LogP contribution in [0.25, 0.3) is 0 Å². The minimum Gasteiger partial charge on any atom is -0.465 e. The number of methoxy groups -OCH3 is 1. The lowest BCUT2D eigenvalue weighted by atomic mass is 9.83. The second-order valence-electron chi connectivity index (χ2n) is 5.46. The summed E-state index contributed by atoms with van der Waals surface area (Å²) < 4.78 is 4.75. The quantitative estimate of drug-likeness (QED) is 0.531. The third kappa shape index (κ3) is 3.88. The van der Waals surface area contributed by atoms with Crippen molar-refractivity contribution in [2.45, 2.75) is 33.6 Å². The number of aliphatic hydroxyl groups is 1. The van der Waals surface area contributed by atoms with Gasteiger partial charge in [-0.1, -0.05) is 13.8 Å². The molecule has 0 aliphatic rings. The van der Waals surface area contributed by atoms with Gasteiger partial charge in [-0.3, -0.25) is 0 Å². The third-order valence-corrected chi connectivity index (χ3v) is 4.30. The van der Waals surface area contributed by atoms with Crippen molar-refractivity contribution >= 4 is 17.3 Å². The van der Waals surface area contributed by atoms with Gasteiger partial charge in [-0.2, -0.15) is 0 Å². The number of carbonyl (C=O) groups excluding carboxylic acids is 1. The van der Waals surface area contributed by atoms with E-state index in [-0.39, 0.29) is 12.0 Å². The molecule has 0 saturated heterocycles. The molecule has 0 saturated carbocycles. The molecule has 0 fully saturated rings. The Balaban J connectivity index is 2.99. The van der Waals surface area contributed by atoms with E-state index < -0.39 is 5.97 Å². The Hall–Kier alpha value is -1.75. The van der Waals surface area contributed by atoms with Gasteiger partial charge in [0.05, 0.1) is 19.3 Å². The summed E-state index contributed by atoms with van der Waals surface area (Å²) in [5, 5.41) is 12.9. The van der Waals surface area contributed by atoms with E-state index >= 15 is 0 Å². The van der Waals surface area contributed by atoms with Crippen LogP contribution in [0, 0.1) is 12.3 Å².